The average molecular weight is 409 g/mol. The van der Waals surface area contributed by atoms with Gasteiger partial charge in [0.1, 0.15) is 0 Å². The smallest absolute Gasteiger partial charge is 0.221 e. The second-order valence-corrected chi connectivity index (χ2v) is 9.61. The fourth-order valence-corrected chi connectivity index (χ4v) is 4.78. The molecule has 1 aromatic heterocycles. The fourth-order valence-electron chi connectivity index (χ4n) is 2.45. The number of amides is 1. The molecule has 1 amide bonds. The maximum Gasteiger partial charge on any atom is 0.221 e. The summed E-state index contributed by atoms with van der Waals surface area (Å²) >= 11 is 7.26. The Kier molecular flexibility index (Phi) is 5.60. The lowest BCUT2D eigenvalue weighted by atomic mass is 10.2. The van der Waals surface area contributed by atoms with Crippen molar-refractivity contribution in [2.75, 3.05) is 5.75 Å². The zero-order chi connectivity index (χ0) is 18.7. The van der Waals surface area contributed by atoms with Crippen molar-refractivity contribution in [1.29, 1.82) is 0 Å². The van der Waals surface area contributed by atoms with E-state index in [0.29, 0.717) is 11.6 Å². The van der Waals surface area contributed by atoms with Crippen molar-refractivity contribution in [2.24, 2.45) is 0 Å². The van der Waals surface area contributed by atoms with Crippen molar-refractivity contribution >= 4 is 48.9 Å². The van der Waals surface area contributed by atoms with Crippen molar-refractivity contribution in [1.82, 2.24) is 10.3 Å². The molecule has 8 heteroatoms. The van der Waals surface area contributed by atoms with E-state index >= 15 is 0 Å². The third-order valence-corrected chi connectivity index (χ3v) is 6.73. The van der Waals surface area contributed by atoms with E-state index in [0.717, 1.165) is 20.8 Å². The molecule has 0 spiro atoms. The van der Waals surface area contributed by atoms with Crippen LogP contribution in [-0.2, 0) is 21.2 Å². The third-order valence-electron chi connectivity index (χ3n) is 3.83. The molecule has 0 bridgehead atoms. The monoisotopic (exact) mass is 408 g/mol. The molecular weight excluding hydrogens is 392 g/mol. The molecule has 26 heavy (non-hydrogen) atoms. The number of hydrogen-bond donors (Lipinski definition) is 1. The van der Waals surface area contributed by atoms with Crippen LogP contribution in [0.5, 0.6) is 0 Å². The van der Waals surface area contributed by atoms with Gasteiger partial charge in [0.05, 0.1) is 25.9 Å². The van der Waals surface area contributed by atoms with E-state index in [9.17, 15) is 13.2 Å². The molecule has 0 aliphatic carbocycles. The standard InChI is InChI=1S/C18H17ClN2O3S2/c1-12-21-16-7-6-15(10-17(16)25-12)26(23,24)9-8-18(22)20-11-13-2-4-14(19)5-3-13/h2-7,10H,8-9,11H2,1H3,(H,20,22). The van der Waals surface area contributed by atoms with E-state index in [-0.39, 0.29) is 23.0 Å². The Morgan fingerprint density at radius 1 is 1.19 bits per heavy atom. The van der Waals surface area contributed by atoms with Crippen LogP contribution in [0.3, 0.4) is 0 Å². The molecular formula is C18H17ClN2O3S2. The van der Waals surface area contributed by atoms with Gasteiger partial charge in [-0.15, -0.1) is 11.3 Å². The molecule has 0 aliphatic heterocycles. The summed E-state index contributed by atoms with van der Waals surface area (Å²) in [6.07, 6.45) is -0.0876. The lowest BCUT2D eigenvalue weighted by Crippen LogP contribution is -2.25. The second kappa shape index (κ2) is 7.73. The van der Waals surface area contributed by atoms with E-state index < -0.39 is 9.84 Å². The van der Waals surface area contributed by atoms with Crippen LogP contribution in [0.1, 0.15) is 17.0 Å². The zero-order valence-corrected chi connectivity index (χ0v) is 16.4. The molecule has 0 saturated heterocycles. The summed E-state index contributed by atoms with van der Waals surface area (Å²) in [5.74, 6) is -0.541. The number of carbonyl (C=O) groups is 1. The van der Waals surface area contributed by atoms with Crippen molar-refractivity contribution < 1.29 is 13.2 Å². The first-order valence-corrected chi connectivity index (χ1v) is 10.8. The van der Waals surface area contributed by atoms with Gasteiger partial charge in [0, 0.05) is 18.0 Å². The van der Waals surface area contributed by atoms with Crippen molar-refractivity contribution in [3.8, 4) is 0 Å². The molecule has 3 rings (SSSR count). The Morgan fingerprint density at radius 3 is 2.65 bits per heavy atom. The highest BCUT2D eigenvalue weighted by molar-refractivity contribution is 7.91. The number of aryl methyl sites for hydroxylation is 1. The maximum absolute atomic E-state index is 12.5. The number of nitrogens with zero attached hydrogens (tertiary/aromatic N) is 1. The van der Waals surface area contributed by atoms with Gasteiger partial charge < -0.3 is 5.32 Å². The van der Waals surface area contributed by atoms with E-state index in [1.165, 1.54) is 11.3 Å². The first-order valence-electron chi connectivity index (χ1n) is 7.94. The summed E-state index contributed by atoms with van der Waals surface area (Å²) in [6.45, 7) is 2.21. The molecule has 1 N–H and O–H groups in total. The van der Waals surface area contributed by atoms with Crippen LogP contribution in [0, 0.1) is 6.92 Å². The van der Waals surface area contributed by atoms with E-state index in [4.69, 9.17) is 11.6 Å². The quantitative estimate of drug-likeness (QED) is 0.674. The number of hydrogen-bond acceptors (Lipinski definition) is 5. The van der Waals surface area contributed by atoms with Gasteiger partial charge >= 0.3 is 0 Å². The number of carbonyl (C=O) groups excluding carboxylic acids is 1. The van der Waals surface area contributed by atoms with E-state index in [1.807, 2.05) is 19.1 Å². The van der Waals surface area contributed by atoms with Gasteiger partial charge in [0.15, 0.2) is 9.84 Å². The highest BCUT2D eigenvalue weighted by Gasteiger charge is 2.17. The number of nitrogens with one attached hydrogen (secondary N) is 1. The molecule has 136 valence electrons. The third kappa shape index (κ3) is 4.60. The lowest BCUT2D eigenvalue weighted by Gasteiger charge is -2.07. The highest BCUT2D eigenvalue weighted by atomic mass is 35.5. The van der Waals surface area contributed by atoms with Crippen molar-refractivity contribution in [3.63, 3.8) is 0 Å². The highest BCUT2D eigenvalue weighted by Crippen LogP contribution is 2.25. The fraction of sp³-hybridized carbons (Fsp3) is 0.222. The molecule has 1 heterocycles. The largest absolute Gasteiger partial charge is 0.352 e. The van der Waals surface area contributed by atoms with Crippen LogP contribution in [0.15, 0.2) is 47.4 Å². The predicted octanol–water partition coefficient (Wildman–Crippen LogP) is 3.74. The van der Waals surface area contributed by atoms with Gasteiger partial charge in [-0.25, -0.2) is 13.4 Å². The predicted molar refractivity (Wildman–Crippen MR) is 104 cm³/mol. The molecule has 2 aromatic carbocycles. The van der Waals surface area contributed by atoms with Gasteiger partial charge in [-0.3, -0.25) is 4.79 Å². The second-order valence-electron chi connectivity index (χ2n) is 5.83. The molecule has 0 aliphatic rings. The Balaban J connectivity index is 1.59. The van der Waals surface area contributed by atoms with Gasteiger partial charge in [-0.1, -0.05) is 23.7 Å². The van der Waals surface area contributed by atoms with E-state index in [1.54, 1.807) is 30.3 Å². The van der Waals surface area contributed by atoms with Crippen LogP contribution in [0.4, 0.5) is 0 Å². The summed E-state index contributed by atoms with van der Waals surface area (Å²) in [7, 11) is -3.53. The molecule has 0 unspecified atom stereocenters. The minimum absolute atomic E-state index is 0.0876. The number of fused-ring (bicyclic) bond motifs is 1. The van der Waals surface area contributed by atoms with Crippen LogP contribution in [-0.4, -0.2) is 25.1 Å². The summed E-state index contributed by atoms with van der Waals surface area (Å²) in [5.41, 5.74) is 1.68. The number of rotatable bonds is 6. The minimum atomic E-state index is -3.53. The first-order chi connectivity index (χ1) is 12.3. The van der Waals surface area contributed by atoms with Gasteiger partial charge in [0.2, 0.25) is 5.91 Å². The molecule has 0 radical (unpaired) electrons. The average Bonchev–Trinajstić information content (AvgIpc) is 2.98. The van der Waals surface area contributed by atoms with Gasteiger partial charge in [-0.2, -0.15) is 0 Å². The minimum Gasteiger partial charge on any atom is -0.352 e. The zero-order valence-electron chi connectivity index (χ0n) is 14.0. The first kappa shape index (κ1) is 18.8. The number of benzene rings is 2. The molecule has 0 saturated carbocycles. The van der Waals surface area contributed by atoms with Crippen LogP contribution in [0.2, 0.25) is 5.02 Å². The number of thiazole rings is 1. The Morgan fingerprint density at radius 2 is 1.92 bits per heavy atom. The van der Waals surface area contributed by atoms with Gasteiger partial charge in [-0.05, 0) is 42.8 Å². The topological polar surface area (TPSA) is 76.1 Å². The molecule has 0 fully saturated rings. The Hall–Kier alpha value is -1.96. The van der Waals surface area contributed by atoms with Crippen LogP contribution < -0.4 is 5.32 Å². The summed E-state index contributed by atoms with van der Waals surface area (Å²) in [4.78, 5) is 16.5. The normalized spacial score (nSPS) is 11.6. The number of halogens is 1. The van der Waals surface area contributed by atoms with E-state index in [2.05, 4.69) is 10.3 Å². The van der Waals surface area contributed by atoms with Crippen LogP contribution in [0.25, 0.3) is 10.2 Å². The molecule has 5 nitrogen and oxygen atoms in total. The molecule has 0 atom stereocenters. The Bertz CT molecular complexity index is 1040. The summed E-state index contributed by atoms with van der Waals surface area (Å²) < 4.78 is 25.8. The summed E-state index contributed by atoms with van der Waals surface area (Å²) in [5, 5.41) is 4.23. The number of aromatic nitrogens is 1. The number of sulfone groups is 1. The van der Waals surface area contributed by atoms with Crippen LogP contribution >= 0.6 is 22.9 Å². The molecule has 3 aromatic rings. The van der Waals surface area contributed by atoms with Gasteiger partial charge in [0.25, 0.3) is 0 Å². The van der Waals surface area contributed by atoms with Crippen molar-refractivity contribution in [3.05, 3.63) is 58.1 Å². The summed E-state index contributed by atoms with van der Waals surface area (Å²) in [6, 6.07) is 12.0. The van der Waals surface area contributed by atoms with Crippen molar-refractivity contribution in [2.45, 2.75) is 24.8 Å². The maximum atomic E-state index is 12.5. The SMILES string of the molecule is Cc1nc2ccc(S(=O)(=O)CCC(=O)NCc3ccc(Cl)cc3)cc2s1. The Labute approximate surface area is 160 Å². The lowest BCUT2D eigenvalue weighted by molar-refractivity contribution is -0.120.